The molecule has 0 aromatic carbocycles. The lowest BCUT2D eigenvalue weighted by Crippen LogP contribution is -2.54. The first-order valence-corrected chi connectivity index (χ1v) is 7.23. The average Bonchev–Trinajstić information content (AvgIpc) is 3.10. The molecular formula is C14H24N2O4. The molecule has 1 saturated heterocycles. The van der Waals surface area contributed by atoms with E-state index in [2.05, 4.69) is 5.32 Å². The maximum atomic E-state index is 12.0. The number of piperidine rings is 1. The molecule has 1 heterocycles. The lowest BCUT2D eigenvalue weighted by atomic mass is 9.92. The van der Waals surface area contributed by atoms with Crippen molar-refractivity contribution in [3.63, 3.8) is 0 Å². The fourth-order valence-corrected chi connectivity index (χ4v) is 2.45. The van der Waals surface area contributed by atoms with E-state index in [0.29, 0.717) is 19.0 Å². The van der Waals surface area contributed by atoms with Crippen LogP contribution in [0.5, 0.6) is 0 Å². The highest BCUT2D eigenvalue weighted by molar-refractivity contribution is 5.74. The predicted molar refractivity (Wildman–Crippen MR) is 73.5 cm³/mol. The molecule has 2 N–H and O–H groups in total. The van der Waals surface area contributed by atoms with Crippen molar-refractivity contribution in [3.05, 3.63) is 0 Å². The Labute approximate surface area is 119 Å². The van der Waals surface area contributed by atoms with Gasteiger partial charge < -0.3 is 20.1 Å². The van der Waals surface area contributed by atoms with Gasteiger partial charge in [0.25, 0.3) is 0 Å². The molecule has 0 aromatic rings. The average molecular weight is 284 g/mol. The van der Waals surface area contributed by atoms with E-state index in [9.17, 15) is 14.7 Å². The molecule has 2 aliphatic rings. The molecule has 2 rings (SSSR count). The van der Waals surface area contributed by atoms with Gasteiger partial charge in [0.05, 0.1) is 5.92 Å². The first kappa shape index (κ1) is 15.1. The van der Waals surface area contributed by atoms with Crippen LogP contribution in [0.1, 0.15) is 40.0 Å². The minimum Gasteiger partial charge on any atom is -0.481 e. The van der Waals surface area contributed by atoms with Crippen molar-refractivity contribution in [3.8, 4) is 0 Å². The maximum absolute atomic E-state index is 12.0. The van der Waals surface area contributed by atoms with Crippen LogP contribution in [0.4, 0.5) is 4.79 Å². The lowest BCUT2D eigenvalue weighted by Gasteiger charge is -2.37. The molecule has 2 fully saturated rings. The van der Waals surface area contributed by atoms with Gasteiger partial charge in [0.2, 0.25) is 0 Å². The van der Waals surface area contributed by atoms with Crippen molar-refractivity contribution >= 4 is 12.1 Å². The highest BCUT2D eigenvalue weighted by Gasteiger charge is 2.39. The second kappa shape index (κ2) is 5.60. The van der Waals surface area contributed by atoms with Crippen LogP contribution in [0.3, 0.4) is 0 Å². The summed E-state index contributed by atoms with van der Waals surface area (Å²) in [5.41, 5.74) is -0.557. The van der Waals surface area contributed by atoms with Crippen molar-refractivity contribution in [1.82, 2.24) is 10.2 Å². The van der Waals surface area contributed by atoms with Gasteiger partial charge in [-0.2, -0.15) is 0 Å². The number of carbonyl (C=O) groups excluding carboxylic acids is 1. The summed E-state index contributed by atoms with van der Waals surface area (Å²) in [7, 11) is 0. The number of ether oxygens (including phenoxy) is 1. The van der Waals surface area contributed by atoms with E-state index in [4.69, 9.17) is 4.74 Å². The standard InChI is InChI=1S/C14H24N2O4/c1-14(2,3)20-13(19)16-7-6-11(15-9-4-5-9)10(8-16)12(17)18/h9-11,15H,4-8H2,1-3H3,(H,17,18)/t10-,11+/m1/s1. The summed E-state index contributed by atoms with van der Waals surface area (Å²) in [6.07, 6.45) is 2.48. The Morgan fingerprint density at radius 1 is 1.25 bits per heavy atom. The van der Waals surface area contributed by atoms with Crippen molar-refractivity contribution in [2.24, 2.45) is 5.92 Å². The second-order valence-electron chi connectivity index (χ2n) is 6.71. The van der Waals surface area contributed by atoms with E-state index in [1.807, 2.05) is 0 Å². The molecule has 6 nitrogen and oxygen atoms in total. The molecule has 1 saturated carbocycles. The van der Waals surface area contributed by atoms with Crippen molar-refractivity contribution < 1.29 is 19.4 Å². The van der Waals surface area contributed by atoms with E-state index >= 15 is 0 Å². The number of carbonyl (C=O) groups is 2. The van der Waals surface area contributed by atoms with Gasteiger partial charge in [-0.3, -0.25) is 4.79 Å². The van der Waals surface area contributed by atoms with Gasteiger partial charge in [0, 0.05) is 25.2 Å². The van der Waals surface area contributed by atoms with Crippen LogP contribution in [-0.2, 0) is 9.53 Å². The molecular weight excluding hydrogens is 260 g/mol. The van der Waals surface area contributed by atoms with Crippen LogP contribution in [0.25, 0.3) is 0 Å². The van der Waals surface area contributed by atoms with Gasteiger partial charge in [-0.05, 0) is 40.0 Å². The van der Waals surface area contributed by atoms with Gasteiger partial charge in [-0.1, -0.05) is 0 Å². The minimum absolute atomic E-state index is 0.0429. The summed E-state index contributed by atoms with van der Waals surface area (Å²) < 4.78 is 5.31. The number of nitrogens with zero attached hydrogens (tertiary/aromatic N) is 1. The van der Waals surface area contributed by atoms with Crippen molar-refractivity contribution in [2.45, 2.75) is 57.7 Å². The van der Waals surface area contributed by atoms with Crippen LogP contribution in [-0.4, -0.2) is 52.8 Å². The Bertz CT molecular complexity index is 387. The van der Waals surface area contributed by atoms with Crippen LogP contribution in [0, 0.1) is 5.92 Å². The molecule has 0 radical (unpaired) electrons. The Morgan fingerprint density at radius 2 is 1.90 bits per heavy atom. The maximum Gasteiger partial charge on any atom is 0.410 e. The number of rotatable bonds is 3. The molecule has 1 amide bonds. The highest BCUT2D eigenvalue weighted by atomic mass is 16.6. The molecule has 0 spiro atoms. The van der Waals surface area contributed by atoms with Gasteiger partial charge in [0.1, 0.15) is 5.60 Å². The quantitative estimate of drug-likeness (QED) is 0.820. The van der Waals surface area contributed by atoms with Gasteiger partial charge >= 0.3 is 12.1 Å². The van der Waals surface area contributed by atoms with E-state index in [0.717, 1.165) is 12.8 Å². The lowest BCUT2D eigenvalue weighted by molar-refractivity contribution is -0.144. The number of amides is 1. The SMILES string of the molecule is CC(C)(C)OC(=O)N1CC[C@H](NC2CC2)[C@H](C(=O)O)C1. The molecule has 1 aliphatic heterocycles. The van der Waals surface area contributed by atoms with Gasteiger partial charge in [0.15, 0.2) is 0 Å². The van der Waals surface area contributed by atoms with Gasteiger partial charge in [-0.25, -0.2) is 4.79 Å². The number of likely N-dealkylation sites (tertiary alicyclic amines) is 1. The molecule has 1 aliphatic carbocycles. The minimum atomic E-state index is -0.851. The fourth-order valence-electron chi connectivity index (χ4n) is 2.45. The summed E-state index contributed by atoms with van der Waals surface area (Å²) in [6, 6.07) is 0.425. The highest BCUT2D eigenvalue weighted by Crippen LogP contribution is 2.25. The number of carboxylic acids is 1. The first-order valence-electron chi connectivity index (χ1n) is 7.23. The molecule has 20 heavy (non-hydrogen) atoms. The Hall–Kier alpha value is -1.30. The Kier molecular flexibility index (Phi) is 4.22. The molecule has 114 valence electrons. The summed E-state index contributed by atoms with van der Waals surface area (Å²) in [6.45, 7) is 6.18. The molecule has 0 unspecified atom stereocenters. The molecule has 2 atom stereocenters. The number of nitrogens with one attached hydrogen (secondary N) is 1. The number of hydrogen-bond acceptors (Lipinski definition) is 4. The monoisotopic (exact) mass is 284 g/mol. The number of hydrogen-bond donors (Lipinski definition) is 2. The van der Waals surface area contributed by atoms with Crippen LogP contribution in [0.15, 0.2) is 0 Å². The normalized spacial score (nSPS) is 27.2. The first-order chi connectivity index (χ1) is 9.26. The zero-order chi connectivity index (χ0) is 14.9. The van der Waals surface area contributed by atoms with Gasteiger partial charge in [-0.15, -0.1) is 0 Å². The Balaban J connectivity index is 1.94. The molecule has 6 heteroatoms. The smallest absolute Gasteiger partial charge is 0.410 e. The molecule has 0 bridgehead atoms. The van der Waals surface area contributed by atoms with Crippen LogP contribution < -0.4 is 5.32 Å². The zero-order valence-electron chi connectivity index (χ0n) is 12.4. The summed E-state index contributed by atoms with van der Waals surface area (Å²) in [5, 5.41) is 12.7. The third kappa shape index (κ3) is 4.10. The van der Waals surface area contributed by atoms with E-state index in [1.165, 1.54) is 4.90 Å². The van der Waals surface area contributed by atoms with Crippen molar-refractivity contribution in [1.29, 1.82) is 0 Å². The summed E-state index contributed by atoms with van der Waals surface area (Å²) >= 11 is 0. The van der Waals surface area contributed by atoms with Crippen molar-refractivity contribution in [2.75, 3.05) is 13.1 Å². The number of aliphatic carboxylic acids is 1. The number of carboxylic acid groups (broad SMARTS) is 1. The molecule has 0 aromatic heterocycles. The largest absolute Gasteiger partial charge is 0.481 e. The summed E-state index contributed by atoms with van der Waals surface area (Å²) in [5.74, 6) is -1.41. The predicted octanol–water partition coefficient (Wildman–Crippen LogP) is 1.45. The topological polar surface area (TPSA) is 78.9 Å². The Morgan fingerprint density at radius 3 is 2.40 bits per heavy atom. The third-order valence-corrected chi connectivity index (χ3v) is 3.61. The fraction of sp³-hybridized carbons (Fsp3) is 0.857. The third-order valence-electron chi connectivity index (χ3n) is 3.61. The van der Waals surface area contributed by atoms with E-state index in [-0.39, 0.29) is 12.6 Å². The van der Waals surface area contributed by atoms with Crippen LogP contribution in [0.2, 0.25) is 0 Å². The van der Waals surface area contributed by atoms with Crippen LogP contribution >= 0.6 is 0 Å². The zero-order valence-corrected chi connectivity index (χ0v) is 12.4. The summed E-state index contributed by atoms with van der Waals surface area (Å²) in [4.78, 5) is 24.9. The second-order valence-corrected chi connectivity index (χ2v) is 6.71. The van der Waals surface area contributed by atoms with E-state index in [1.54, 1.807) is 20.8 Å². The van der Waals surface area contributed by atoms with E-state index < -0.39 is 23.6 Å².